The Hall–Kier alpha value is -3.71. The van der Waals surface area contributed by atoms with Crippen molar-refractivity contribution in [2.24, 2.45) is 11.5 Å². The van der Waals surface area contributed by atoms with E-state index in [1.807, 2.05) is 0 Å². The molecule has 0 saturated heterocycles. The Bertz CT molecular complexity index is 1280. The molecule has 6 nitrogen and oxygen atoms in total. The molecule has 0 fully saturated rings. The lowest BCUT2D eigenvalue weighted by Gasteiger charge is -2.06. The zero-order valence-electron chi connectivity index (χ0n) is 14.6. The maximum absolute atomic E-state index is 14.5. The van der Waals surface area contributed by atoms with Crippen LogP contribution in [-0.2, 0) is 6.54 Å². The van der Waals surface area contributed by atoms with Gasteiger partial charge in [0.05, 0.1) is 16.6 Å². The van der Waals surface area contributed by atoms with Crippen LogP contribution >= 0.6 is 0 Å². The largest absolute Gasteiger partial charge is 0.478 e. The van der Waals surface area contributed by atoms with Gasteiger partial charge in [-0.05, 0) is 41.5 Å². The Morgan fingerprint density at radius 1 is 1.04 bits per heavy atom. The van der Waals surface area contributed by atoms with E-state index in [2.05, 4.69) is 4.98 Å². The fourth-order valence-electron chi connectivity index (χ4n) is 3.40. The fourth-order valence-corrected chi connectivity index (χ4v) is 3.40. The summed E-state index contributed by atoms with van der Waals surface area (Å²) in [5.41, 5.74) is 13.9. The lowest BCUT2D eigenvalue weighted by Crippen LogP contribution is -2.13. The summed E-state index contributed by atoms with van der Waals surface area (Å²) < 4.78 is 14.5. The number of carbonyl (C=O) groups is 2. The predicted molar refractivity (Wildman–Crippen MR) is 105 cm³/mol. The molecule has 1 aromatic heterocycles. The number of halogens is 1. The Balaban J connectivity index is 2.00. The number of fused-ring (bicyclic) bond motifs is 3. The molecule has 0 spiro atoms. The average Bonchev–Trinajstić information content (AvgIpc) is 3.04. The Kier molecular flexibility index (Phi) is 4.09. The molecule has 0 radical (unpaired) electrons. The smallest absolute Gasteiger partial charge is 0.335 e. The zero-order valence-corrected chi connectivity index (χ0v) is 14.6. The third kappa shape index (κ3) is 2.78. The molecule has 0 aliphatic carbocycles. The maximum atomic E-state index is 14.5. The first-order chi connectivity index (χ1) is 13.4. The number of aromatic carboxylic acids is 1. The molecule has 0 unspecified atom stereocenters. The number of amides is 1. The van der Waals surface area contributed by atoms with Gasteiger partial charge >= 0.3 is 5.97 Å². The maximum Gasteiger partial charge on any atom is 0.335 e. The first kappa shape index (κ1) is 17.7. The number of carboxylic acid groups (broad SMARTS) is 1. The second-order valence-corrected chi connectivity index (χ2v) is 6.52. The highest BCUT2D eigenvalue weighted by molar-refractivity contribution is 6.17. The molecule has 3 aromatic carbocycles. The summed E-state index contributed by atoms with van der Waals surface area (Å²) in [6, 6.07) is 12.8. The van der Waals surface area contributed by atoms with E-state index in [9.17, 15) is 19.1 Å². The molecule has 0 bridgehead atoms. The van der Waals surface area contributed by atoms with E-state index >= 15 is 0 Å². The van der Waals surface area contributed by atoms with Gasteiger partial charge in [-0.15, -0.1) is 0 Å². The minimum atomic E-state index is -1.17. The molecule has 1 amide bonds. The third-order valence-corrected chi connectivity index (χ3v) is 4.80. The molecule has 4 aromatic rings. The van der Waals surface area contributed by atoms with E-state index in [0.29, 0.717) is 38.5 Å². The minimum Gasteiger partial charge on any atom is -0.478 e. The monoisotopic (exact) mass is 377 g/mol. The molecule has 28 heavy (non-hydrogen) atoms. The Labute approximate surface area is 158 Å². The summed E-state index contributed by atoms with van der Waals surface area (Å²) >= 11 is 0. The number of nitrogens with one attached hydrogen (secondary N) is 1. The van der Waals surface area contributed by atoms with E-state index < -0.39 is 17.7 Å². The lowest BCUT2D eigenvalue weighted by molar-refractivity contribution is 0.0697. The summed E-state index contributed by atoms with van der Waals surface area (Å²) in [5, 5.41) is 10.6. The van der Waals surface area contributed by atoms with Gasteiger partial charge < -0.3 is 21.6 Å². The summed E-state index contributed by atoms with van der Waals surface area (Å²) in [4.78, 5) is 26.4. The standard InChI is InChI=1S/C21H16FN3O3/c22-17-5-10(9-23)1-3-13(17)11-2-4-18-14(6-11)15-7-12(21(27)28)8-16(20(24)26)19(15)25-18/h1-8,25H,9,23H2,(H2,24,26)(H,27,28). The van der Waals surface area contributed by atoms with Crippen molar-refractivity contribution in [3.8, 4) is 11.1 Å². The topological polar surface area (TPSA) is 122 Å². The molecule has 0 aliphatic rings. The lowest BCUT2D eigenvalue weighted by atomic mass is 9.99. The van der Waals surface area contributed by atoms with Crippen LogP contribution in [0.25, 0.3) is 32.9 Å². The van der Waals surface area contributed by atoms with Crippen molar-refractivity contribution in [2.75, 3.05) is 0 Å². The van der Waals surface area contributed by atoms with Gasteiger partial charge in [-0.2, -0.15) is 0 Å². The number of aromatic nitrogens is 1. The fraction of sp³-hybridized carbons (Fsp3) is 0.0476. The van der Waals surface area contributed by atoms with Crippen LogP contribution in [0.2, 0.25) is 0 Å². The number of rotatable bonds is 4. The number of aromatic amines is 1. The number of primary amides is 1. The highest BCUT2D eigenvalue weighted by atomic mass is 19.1. The average molecular weight is 377 g/mol. The van der Waals surface area contributed by atoms with Gasteiger partial charge in [0.1, 0.15) is 5.82 Å². The van der Waals surface area contributed by atoms with E-state index in [0.717, 1.165) is 0 Å². The Morgan fingerprint density at radius 2 is 1.82 bits per heavy atom. The van der Waals surface area contributed by atoms with Crippen molar-refractivity contribution < 1.29 is 19.1 Å². The van der Waals surface area contributed by atoms with Gasteiger partial charge in [-0.1, -0.05) is 18.2 Å². The summed E-state index contributed by atoms with van der Waals surface area (Å²) in [7, 11) is 0. The molecule has 0 atom stereocenters. The number of benzene rings is 3. The van der Waals surface area contributed by atoms with Crippen LogP contribution in [0.15, 0.2) is 48.5 Å². The summed E-state index contributed by atoms with van der Waals surface area (Å²) in [6.45, 7) is 0.243. The number of H-pyrrole nitrogens is 1. The molecule has 6 N–H and O–H groups in total. The van der Waals surface area contributed by atoms with Gasteiger partial charge in [0, 0.05) is 28.4 Å². The molecule has 0 saturated carbocycles. The van der Waals surface area contributed by atoms with E-state index in [1.54, 1.807) is 30.3 Å². The molecule has 7 heteroatoms. The second kappa shape index (κ2) is 6.47. The molecule has 140 valence electrons. The molecular weight excluding hydrogens is 361 g/mol. The minimum absolute atomic E-state index is 0.0499. The van der Waals surface area contributed by atoms with Crippen molar-refractivity contribution in [3.05, 3.63) is 71.0 Å². The predicted octanol–water partition coefficient (Wildman–Crippen LogP) is 3.38. The van der Waals surface area contributed by atoms with Crippen molar-refractivity contribution in [2.45, 2.75) is 6.54 Å². The van der Waals surface area contributed by atoms with Gasteiger partial charge in [-0.25, -0.2) is 9.18 Å². The quantitative estimate of drug-likeness (QED) is 0.435. The first-order valence-corrected chi connectivity index (χ1v) is 8.50. The van der Waals surface area contributed by atoms with Crippen LogP contribution in [0.3, 0.4) is 0 Å². The van der Waals surface area contributed by atoms with Gasteiger partial charge in [0.2, 0.25) is 0 Å². The molecular formula is C21H16FN3O3. The molecule has 0 aliphatic heterocycles. The van der Waals surface area contributed by atoms with Crippen LogP contribution in [0.4, 0.5) is 4.39 Å². The highest BCUT2D eigenvalue weighted by Crippen LogP contribution is 2.33. The molecule has 4 rings (SSSR count). The van der Waals surface area contributed by atoms with Crippen LogP contribution in [-0.4, -0.2) is 22.0 Å². The number of carboxylic acids is 1. The van der Waals surface area contributed by atoms with Gasteiger partial charge in [0.15, 0.2) is 0 Å². The zero-order chi connectivity index (χ0) is 20.0. The highest BCUT2D eigenvalue weighted by Gasteiger charge is 2.17. The molecule has 1 heterocycles. The van der Waals surface area contributed by atoms with E-state index in [4.69, 9.17) is 11.5 Å². The second-order valence-electron chi connectivity index (χ2n) is 6.52. The van der Waals surface area contributed by atoms with Crippen LogP contribution < -0.4 is 11.5 Å². The van der Waals surface area contributed by atoms with Crippen molar-refractivity contribution in [1.82, 2.24) is 4.98 Å². The third-order valence-electron chi connectivity index (χ3n) is 4.80. The normalized spacial score (nSPS) is 11.2. The number of carbonyl (C=O) groups excluding carboxylic acids is 1. The van der Waals surface area contributed by atoms with E-state index in [1.165, 1.54) is 18.2 Å². The number of hydrogen-bond acceptors (Lipinski definition) is 3. The van der Waals surface area contributed by atoms with Gasteiger partial charge in [0.25, 0.3) is 5.91 Å². The van der Waals surface area contributed by atoms with E-state index in [-0.39, 0.29) is 17.7 Å². The SMILES string of the molecule is NCc1ccc(-c2ccc3[nH]c4c(C(N)=O)cc(C(=O)O)cc4c3c2)c(F)c1. The Morgan fingerprint density at radius 3 is 2.46 bits per heavy atom. The van der Waals surface area contributed by atoms with Crippen molar-refractivity contribution >= 4 is 33.7 Å². The number of nitrogens with two attached hydrogens (primary N) is 2. The summed E-state index contributed by atoms with van der Waals surface area (Å²) in [6.07, 6.45) is 0. The van der Waals surface area contributed by atoms with Crippen LogP contribution in [0, 0.1) is 5.82 Å². The summed E-state index contributed by atoms with van der Waals surface area (Å²) in [5.74, 6) is -2.30. The number of hydrogen-bond donors (Lipinski definition) is 4. The van der Waals surface area contributed by atoms with Crippen LogP contribution in [0.5, 0.6) is 0 Å². The van der Waals surface area contributed by atoms with Crippen molar-refractivity contribution in [1.29, 1.82) is 0 Å². The first-order valence-electron chi connectivity index (χ1n) is 8.50. The van der Waals surface area contributed by atoms with Crippen LogP contribution in [0.1, 0.15) is 26.3 Å². The van der Waals surface area contributed by atoms with Gasteiger partial charge in [-0.3, -0.25) is 4.79 Å². The van der Waals surface area contributed by atoms with Crippen molar-refractivity contribution in [3.63, 3.8) is 0 Å².